The van der Waals surface area contributed by atoms with E-state index in [-0.39, 0.29) is 13.3 Å². The van der Waals surface area contributed by atoms with Crippen molar-refractivity contribution in [2.24, 2.45) is 0 Å². The maximum Gasteiger partial charge on any atom is 0.165 e. The summed E-state index contributed by atoms with van der Waals surface area (Å²) in [6.07, 6.45) is -0.688. The highest BCUT2D eigenvalue weighted by molar-refractivity contribution is 6.35. The number of carbonyl (C=O) groups excluding carboxylic acids is 1. The summed E-state index contributed by atoms with van der Waals surface area (Å²) in [5.74, 6) is -0.523. The highest BCUT2D eigenvalue weighted by Gasteiger charge is 2.47. The number of nitrogens with one attached hydrogen (secondary N) is 1. The molecular weight excluding hydrogens is 365 g/mol. The second kappa shape index (κ2) is 6.32. The van der Waals surface area contributed by atoms with Crippen LogP contribution in [0.15, 0.2) is 30.3 Å². The first-order valence-electron chi connectivity index (χ1n) is 7.31. The average Bonchev–Trinajstić information content (AvgIpc) is 2.92. The van der Waals surface area contributed by atoms with Gasteiger partial charge in [-0.2, -0.15) is 0 Å². The van der Waals surface area contributed by atoms with Crippen LogP contribution in [0.25, 0.3) is 0 Å². The van der Waals surface area contributed by atoms with Gasteiger partial charge in [0, 0.05) is 26.9 Å². The van der Waals surface area contributed by atoms with E-state index in [4.69, 9.17) is 32.7 Å². The van der Waals surface area contributed by atoms with Crippen molar-refractivity contribution in [2.75, 3.05) is 12.4 Å². The monoisotopic (exact) mass is 380 g/mol. The maximum absolute atomic E-state index is 11.6. The Kier molecular flexibility index (Phi) is 4.47. The van der Waals surface area contributed by atoms with Crippen LogP contribution < -0.4 is 19.9 Å². The Morgan fingerprint density at radius 3 is 2.76 bits per heavy atom. The van der Waals surface area contributed by atoms with Gasteiger partial charge in [0.1, 0.15) is 12.1 Å². The first-order chi connectivity index (χ1) is 11.5. The summed E-state index contributed by atoms with van der Waals surface area (Å²) in [7, 11) is 1.54. The van der Waals surface area contributed by atoms with Gasteiger partial charge in [-0.15, -0.1) is 0 Å². The molecule has 2 aromatic rings. The second-order valence-electron chi connectivity index (χ2n) is 5.73. The van der Waals surface area contributed by atoms with E-state index in [2.05, 4.69) is 5.32 Å². The Bertz CT molecular complexity index is 855. The number of benzene rings is 2. The standard InChI is InChI=1S/C17H13Cl2NO4.CH4/c1-23-11-4-2-3-8-12-13-9(19)5-7(18)6-10(13)20-14(17(21)22)16(12)24-15(8)11;/h2-6,12,14,16,20H,1H3,(H,21,22);1H4/p-1. The molecule has 25 heavy (non-hydrogen) atoms. The zero-order valence-electron chi connectivity index (χ0n) is 12.5. The van der Waals surface area contributed by atoms with Crippen molar-refractivity contribution in [3.8, 4) is 11.5 Å². The zero-order chi connectivity index (χ0) is 17.0. The molecule has 0 bridgehead atoms. The van der Waals surface area contributed by atoms with Gasteiger partial charge in [0.2, 0.25) is 0 Å². The molecule has 2 aromatic carbocycles. The number of para-hydroxylation sites is 1. The summed E-state index contributed by atoms with van der Waals surface area (Å²) in [6, 6.07) is 7.75. The van der Waals surface area contributed by atoms with Crippen LogP contribution in [0.2, 0.25) is 10.0 Å². The van der Waals surface area contributed by atoms with Crippen molar-refractivity contribution in [1.82, 2.24) is 0 Å². The van der Waals surface area contributed by atoms with Gasteiger partial charge in [0.15, 0.2) is 11.5 Å². The van der Waals surface area contributed by atoms with Crippen LogP contribution in [0.1, 0.15) is 24.5 Å². The van der Waals surface area contributed by atoms with E-state index in [1.807, 2.05) is 12.1 Å². The quantitative estimate of drug-likeness (QED) is 0.866. The third-order valence-corrected chi connectivity index (χ3v) is 4.98. The first-order valence-corrected chi connectivity index (χ1v) is 8.06. The summed E-state index contributed by atoms with van der Waals surface area (Å²) >= 11 is 12.5. The Morgan fingerprint density at radius 2 is 2.08 bits per heavy atom. The number of halogens is 2. The molecule has 0 fully saturated rings. The number of methoxy groups -OCH3 is 1. The predicted octanol–water partition coefficient (Wildman–Crippen LogP) is 3.08. The van der Waals surface area contributed by atoms with E-state index >= 15 is 0 Å². The van der Waals surface area contributed by atoms with E-state index in [1.54, 1.807) is 18.2 Å². The lowest BCUT2D eigenvalue weighted by Crippen LogP contribution is -2.53. The van der Waals surface area contributed by atoms with E-state index < -0.39 is 18.1 Å². The van der Waals surface area contributed by atoms with E-state index in [0.717, 1.165) is 11.1 Å². The minimum atomic E-state index is -1.25. The fourth-order valence-electron chi connectivity index (χ4n) is 3.49. The topological polar surface area (TPSA) is 70.6 Å². The lowest BCUT2D eigenvalue weighted by atomic mass is 9.81. The second-order valence-corrected chi connectivity index (χ2v) is 6.57. The third-order valence-electron chi connectivity index (χ3n) is 4.45. The van der Waals surface area contributed by atoms with Gasteiger partial charge < -0.3 is 24.7 Å². The van der Waals surface area contributed by atoms with E-state index in [0.29, 0.717) is 27.2 Å². The van der Waals surface area contributed by atoms with E-state index in [9.17, 15) is 9.90 Å². The van der Waals surface area contributed by atoms with Gasteiger partial charge in [-0.1, -0.05) is 42.8 Å². The molecule has 132 valence electrons. The Hall–Kier alpha value is -2.11. The number of anilines is 1. The number of carbonyl (C=O) groups is 1. The van der Waals surface area contributed by atoms with Gasteiger partial charge in [-0.05, 0) is 18.2 Å². The normalized spacial score (nSPS) is 22.4. The first kappa shape index (κ1) is 17.7. The van der Waals surface area contributed by atoms with Crippen molar-refractivity contribution in [3.63, 3.8) is 0 Å². The molecule has 4 rings (SSSR count). The molecule has 0 amide bonds. The fraction of sp³-hybridized carbons (Fsp3) is 0.278. The number of fused-ring (bicyclic) bond motifs is 5. The number of hydrogen-bond acceptors (Lipinski definition) is 5. The van der Waals surface area contributed by atoms with Crippen LogP contribution >= 0.6 is 23.2 Å². The van der Waals surface area contributed by atoms with Crippen molar-refractivity contribution in [2.45, 2.75) is 25.5 Å². The highest BCUT2D eigenvalue weighted by Crippen LogP contribution is 2.53. The largest absolute Gasteiger partial charge is 0.548 e. The van der Waals surface area contributed by atoms with Gasteiger partial charge in [-0.25, -0.2) is 0 Å². The summed E-state index contributed by atoms with van der Waals surface area (Å²) in [5, 5.41) is 15.4. The summed E-state index contributed by atoms with van der Waals surface area (Å²) in [6.45, 7) is 0. The molecule has 0 aromatic heterocycles. The van der Waals surface area contributed by atoms with Crippen molar-refractivity contribution < 1.29 is 19.4 Å². The molecule has 2 aliphatic heterocycles. The zero-order valence-corrected chi connectivity index (χ0v) is 14.0. The van der Waals surface area contributed by atoms with Crippen LogP contribution in [0.4, 0.5) is 5.69 Å². The SMILES string of the molecule is C.COc1cccc2c1OC1C(C(=O)[O-])Nc3cc(Cl)cc(Cl)c3C21. The number of ether oxygens (including phenoxy) is 2. The maximum atomic E-state index is 11.6. The minimum Gasteiger partial charge on any atom is -0.548 e. The van der Waals surface area contributed by atoms with Crippen LogP contribution in [0.3, 0.4) is 0 Å². The molecule has 0 radical (unpaired) electrons. The summed E-state index contributed by atoms with van der Waals surface area (Å²) < 4.78 is 11.3. The Balaban J connectivity index is 0.00000182. The molecule has 2 aliphatic rings. The van der Waals surface area contributed by atoms with Crippen LogP contribution in [0.5, 0.6) is 11.5 Å². The smallest absolute Gasteiger partial charge is 0.165 e. The highest BCUT2D eigenvalue weighted by atomic mass is 35.5. The predicted molar refractivity (Wildman–Crippen MR) is 94.9 cm³/mol. The molecule has 3 atom stereocenters. The number of carboxylic acid groups (broad SMARTS) is 1. The van der Waals surface area contributed by atoms with Gasteiger partial charge in [-0.3, -0.25) is 0 Å². The molecule has 3 unspecified atom stereocenters. The van der Waals surface area contributed by atoms with Crippen LogP contribution in [-0.4, -0.2) is 25.2 Å². The lowest BCUT2D eigenvalue weighted by molar-refractivity contribution is -0.308. The van der Waals surface area contributed by atoms with Gasteiger partial charge >= 0.3 is 0 Å². The minimum absolute atomic E-state index is 0. The molecule has 0 aliphatic carbocycles. The summed E-state index contributed by atoms with van der Waals surface area (Å²) in [5.41, 5.74) is 2.16. The lowest BCUT2D eigenvalue weighted by Gasteiger charge is -2.37. The molecule has 0 saturated heterocycles. The number of hydrogen-bond donors (Lipinski definition) is 1. The number of carboxylic acids is 1. The Morgan fingerprint density at radius 1 is 1.32 bits per heavy atom. The summed E-state index contributed by atoms with van der Waals surface area (Å²) in [4.78, 5) is 11.6. The van der Waals surface area contributed by atoms with Crippen molar-refractivity contribution >= 4 is 34.9 Å². The molecule has 2 heterocycles. The fourth-order valence-corrected chi connectivity index (χ4v) is 4.10. The molecule has 0 spiro atoms. The molecule has 0 saturated carbocycles. The Labute approximate surface area is 155 Å². The van der Waals surface area contributed by atoms with Crippen molar-refractivity contribution in [1.29, 1.82) is 0 Å². The third kappa shape index (κ3) is 2.58. The molecule has 5 nitrogen and oxygen atoms in total. The molecule has 7 heteroatoms. The average molecular weight is 381 g/mol. The van der Waals surface area contributed by atoms with Crippen LogP contribution in [-0.2, 0) is 4.79 Å². The van der Waals surface area contributed by atoms with E-state index in [1.165, 1.54) is 7.11 Å². The van der Waals surface area contributed by atoms with Crippen LogP contribution in [0, 0.1) is 0 Å². The van der Waals surface area contributed by atoms with Crippen molar-refractivity contribution in [3.05, 3.63) is 51.5 Å². The molecular formula is C18H16Cl2NO4-. The van der Waals surface area contributed by atoms with Gasteiger partial charge in [0.25, 0.3) is 0 Å². The number of rotatable bonds is 2. The number of aliphatic carboxylic acids is 1. The molecule has 1 N–H and O–H groups in total. The van der Waals surface area contributed by atoms with Gasteiger partial charge in [0.05, 0.1) is 19.0 Å².